The fraction of sp³-hybridized carbons (Fsp3) is 0.667. The molecule has 20 heavy (non-hydrogen) atoms. The average Bonchev–Trinajstić information content (AvgIpc) is 2.25. The van der Waals surface area contributed by atoms with E-state index in [1.54, 1.807) is 0 Å². The normalized spacial score (nSPS) is 12.8. The van der Waals surface area contributed by atoms with Crippen LogP contribution in [-0.4, -0.2) is 19.8 Å². The van der Waals surface area contributed by atoms with Crippen molar-refractivity contribution in [1.29, 1.82) is 0 Å². The van der Waals surface area contributed by atoms with Gasteiger partial charge in [0.15, 0.2) is 0 Å². The summed E-state index contributed by atoms with van der Waals surface area (Å²) in [7, 11) is -1.40. The third kappa shape index (κ3) is 6.11. The van der Waals surface area contributed by atoms with E-state index in [4.69, 9.17) is 5.11 Å². The quantitative estimate of drug-likeness (QED) is 0.434. The number of hydrogen-bond acceptors (Lipinski definition) is 1. The zero-order chi connectivity index (χ0) is 16.0. The minimum Gasteiger partial charge on any atom is -0.384 e. The number of rotatable bonds is 4. The molecule has 114 valence electrons. The summed E-state index contributed by atoms with van der Waals surface area (Å²) in [6, 6.07) is 0. The zero-order valence-electron chi connectivity index (χ0n) is 14.6. The van der Waals surface area contributed by atoms with Gasteiger partial charge in [-0.05, 0) is 37.8 Å². The maximum absolute atomic E-state index is 8.70. The summed E-state index contributed by atoms with van der Waals surface area (Å²) >= 11 is 0. The summed E-state index contributed by atoms with van der Waals surface area (Å²) in [5.41, 5.74) is 6.77. The molecule has 0 amide bonds. The third-order valence-electron chi connectivity index (χ3n) is 4.29. The van der Waals surface area contributed by atoms with Crippen LogP contribution in [0.1, 0.15) is 54.4 Å². The number of aliphatic hydroxyl groups is 1. The summed E-state index contributed by atoms with van der Waals surface area (Å²) in [6.45, 7) is 18.5. The molecule has 0 aromatic rings. The number of aliphatic hydroxyl groups excluding tert-OH is 1. The Morgan fingerprint density at radius 1 is 1.10 bits per heavy atom. The van der Waals surface area contributed by atoms with E-state index in [-0.39, 0.29) is 6.61 Å². The van der Waals surface area contributed by atoms with Gasteiger partial charge in [-0.3, -0.25) is 0 Å². The van der Waals surface area contributed by atoms with Crippen LogP contribution in [0.25, 0.3) is 0 Å². The minimum atomic E-state index is -1.40. The van der Waals surface area contributed by atoms with Crippen LogP contribution in [0.15, 0.2) is 22.4 Å². The molecule has 0 heterocycles. The van der Waals surface area contributed by atoms with Gasteiger partial charge in [0.2, 0.25) is 0 Å². The first-order valence-corrected chi connectivity index (χ1v) is 10.5. The van der Waals surface area contributed by atoms with Crippen molar-refractivity contribution in [1.82, 2.24) is 0 Å². The molecule has 1 N–H and O–H groups in total. The summed E-state index contributed by atoms with van der Waals surface area (Å²) in [5.74, 6) is 5.74. The highest BCUT2D eigenvalue weighted by molar-refractivity contribution is 6.84. The Morgan fingerprint density at radius 3 is 2.05 bits per heavy atom. The molecule has 0 spiro atoms. The standard InChI is InChI=1S/C18H32OSi/c1-15(2)17(12-10-9-11-13-19)16(3)14-20(7,8)18(4,5)6/h14,19H,10,12-13H2,1-8H3/b16-14+. The topological polar surface area (TPSA) is 20.2 Å². The van der Waals surface area contributed by atoms with Gasteiger partial charge in [-0.1, -0.05) is 56.6 Å². The molecule has 0 saturated carbocycles. The van der Waals surface area contributed by atoms with Crippen LogP contribution in [0.4, 0.5) is 0 Å². The van der Waals surface area contributed by atoms with Gasteiger partial charge < -0.3 is 5.11 Å². The van der Waals surface area contributed by atoms with E-state index in [2.05, 4.69) is 72.2 Å². The lowest BCUT2D eigenvalue weighted by atomic mass is 9.99. The fourth-order valence-corrected chi connectivity index (χ4v) is 3.71. The lowest BCUT2D eigenvalue weighted by Crippen LogP contribution is -2.35. The molecule has 0 atom stereocenters. The number of hydrogen-bond donors (Lipinski definition) is 1. The molecule has 0 radical (unpaired) electrons. The number of allylic oxidation sites excluding steroid dienone is 3. The van der Waals surface area contributed by atoms with Crippen molar-refractivity contribution in [3.05, 3.63) is 22.4 Å². The van der Waals surface area contributed by atoms with E-state index in [1.807, 2.05) is 0 Å². The monoisotopic (exact) mass is 292 g/mol. The minimum absolute atomic E-state index is 0.0387. The zero-order valence-corrected chi connectivity index (χ0v) is 15.6. The summed E-state index contributed by atoms with van der Waals surface area (Å²) in [6.07, 6.45) is 1.80. The molecular weight excluding hydrogens is 260 g/mol. The van der Waals surface area contributed by atoms with Crippen molar-refractivity contribution >= 4 is 8.07 Å². The molecular formula is C18H32OSi. The third-order valence-corrected chi connectivity index (χ3v) is 9.31. The Kier molecular flexibility index (Phi) is 7.55. The van der Waals surface area contributed by atoms with E-state index >= 15 is 0 Å². The van der Waals surface area contributed by atoms with E-state index in [0.717, 1.165) is 12.8 Å². The predicted molar refractivity (Wildman–Crippen MR) is 93.4 cm³/mol. The summed E-state index contributed by atoms with van der Waals surface area (Å²) in [4.78, 5) is 0. The molecule has 0 rings (SSSR count). The molecule has 0 fully saturated rings. The maximum Gasteiger partial charge on any atom is 0.104 e. The van der Waals surface area contributed by atoms with E-state index in [1.165, 1.54) is 16.7 Å². The molecule has 0 aromatic heterocycles. The van der Waals surface area contributed by atoms with Crippen molar-refractivity contribution in [3.63, 3.8) is 0 Å². The van der Waals surface area contributed by atoms with Crippen molar-refractivity contribution in [2.75, 3.05) is 6.61 Å². The van der Waals surface area contributed by atoms with Crippen LogP contribution < -0.4 is 0 Å². The van der Waals surface area contributed by atoms with Crippen LogP contribution in [0.2, 0.25) is 18.1 Å². The van der Waals surface area contributed by atoms with Gasteiger partial charge in [0.05, 0.1) is 8.07 Å². The molecule has 0 saturated heterocycles. The highest BCUT2D eigenvalue weighted by atomic mass is 28.3. The SMILES string of the molecule is CC(C)=C(CCC#CCO)/C(C)=C/[Si](C)(C)C(C)(C)C. The van der Waals surface area contributed by atoms with Crippen LogP contribution in [-0.2, 0) is 0 Å². The molecule has 0 aliphatic carbocycles. The molecule has 0 aliphatic heterocycles. The van der Waals surface area contributed by atoms with Crippen molar-refractivity contribution in [2.24, 2.45) is 0 Å². The molecule has 0 bridgehead atoms. The second-order valence-electron chi connectivity index (χ2n) is 7.29. The van der Waals surface area contributed by atoms with Crippen LogP contribution in [0.3, 0.4) is 0 Å². The first kappa shape index (κ1) is 19.2. The summed E-state index contributed by atoms with van der Waals surface area (Å²) in [5, 5.41) is 9.07. The van der Waals surface area contributed by atoms with Gasteiger partial charge in [0, 0.05) is 6.42 Å². The van der Waals surface area contributed by atoms with Crippen molar-refractivity contribution < 1.29 is 5.11 Å². The first-order valence-electron chi connectivity index (χ1n) is 7.45. The Hall–Kier alpha value is -0.783. The molecule has 0 unspecified atom stereocenters. The van der Waals surface area contributed by atoms with Crippen LogP contribution >= 0.6 is 0 Å². The molecule has 0 aromatic carbocycles. The Labute approximate surface area is 127 Å². The van der Waals surface area contributed by atoms with Gasteiger partial charge >= 0.3 is 0 Å². The van der Waals surface area contributed by atoms with Crippen LogP contribution in [0.5, 0.6) is 0 Å². The highest BCUT2D eigenvalue weighted by Crippen LogP contribution is 2.38. The van der Waals surface area contributed by atoms with Gasteiger partial charge in [-0.2, -0.15) is 0 Å². The molecule has 0 aliphatic rings. The first-order chi connectivity index (χ1) is 9.03. The second kappa shape index (κ2) is 7.86. The smallest absolute Gasteiger partial charge is 0.104 e. The Balaban J connectivity index is 5.19. The highest BCUT2D eigenvalue weighted by Gasteiger charge is 2.33. The van der Waals surface area contributed by atoms with Gasteiger partial charge in [-0.15, -0.1) is 5.92 Å². The largest absolute Gasteiger partial charge is 0.384 e. The van der Waals surface area contributed by atoms with Gasteiger partial charge in [0.1, 0.15) is 6.61 Å². The van der Waals surface area contributed by atoms with E-state index < -0.39 is 8.07 Å². The maximum atomic E-state index is 8.70. The van der Waals surface area contributed by atoms with Gasteiger partial charge in [0.25, 0.3) is 0 Å². The lowest BCUT2D eigenvalue weighted by Gasteiger charge is -2.35. The summed E-state index contributed by atoms with van der Waals surface area (Å²) < 4.78 is 0. The van der Waals surface area contributed by atoms with E-state index in [0.29, 0.717) is 5.04 Å². The Bertz CT molecular complexity index is 432. The Morgan fingerprint density at radius 2 is 1.65 bits per heavy atom. The average molecular weight is 293 g/mol. The molecule has 2 heteroatoms. The second-order valence-corrected chi connectivity index (χ2v) is 12.5. The van der Waals surface area contributed by atoms with Crippen molar-refractivity contribution in [3.8, 4) is 11.8 Å². The van der Waals surface area contributed by atoms with Gasteiger partial charge in [-0.25, -0.2) is 0 Å². The molecule has 1 nitrogen and oxygen atoms in total. The predicted octanol–water partition coefficient (Wildman–Crippen LogP) is 5.09. The van der Waals surface area contributed by atoms with E-state index in [9.17, 15) is 0 Å². The van der Waals surface area contributed by atoms with Crippen molar-refractivity contribution in [2.45, 2.75) is 72.5 Å². The fourth-order valence-electron chi connectivity index (χ4n) is 2.02. The lowest BCUT2D eigenvalue weighted by molar-refractivity contribution is 0.350. The van der Waals surface area contributed by atoms with Crippen LogP contribution in [0, 0.1) is 11.8 Å².